The molecule has 1 saturated carbocycles. The molecule has 1 aliphatic heterocycles. The predicted octanol–water partition coefficient (Wildman–Crippen LogP) is 4.97. The smallest absolute Gasteiger partial charge is 0.412 e. The summed E-state index contributed by atoms with van der Waals surface area (Å²) in [5.41, 5.74) is 0.350. The lowest BCUT2D eigenvalue weighted by Crippen LogP contribution is -2.54. The molecular weight excluding hydrogens is 380 g/mol. The average Bonchev–Trinajstić information content (AvgIpc) is 2.71. The first-order valence-electron chi connectivity index (χ1n) is 10.8. The highest BCUT2D eigenvalue weighted by atomic mass is 16.6. The zero-order valence-corrected chi connectivity index (χ0v) is 17.9. The van der Waals surface area contributed by atoms with Crippen molar-refractivity contribution >= 4 is 28.5 Å². The van der Waals surface area contributed by atoms with E-state index in [9.17, 15) is 9.59 Å². The van der Waals surface area contributed by atoms with Crippen LogP contribution in [0.15, 0.2) is 36.4 Å². The van der Waals surface area contributed by atoms with Crippen LogP contribution in [0.25, 0.3) is 10.8 Å². The summed E-state index contributed by atoms with van der Waals surface area (Å²) in [5.74, 6) is -0.0630. The van der Waals surface area contributed by atoms with Gasteiger partial charge in [0.2, 0.25) is 0 Å². The summed E-state index contributed by atoms with van der Waals surface area (Å²) in [5, 5.41) is 4.73. The largest absolute Gasteiger partial charge is 0.444 e. The van der Waals surface area contributed by atoms with E-state index >= 15 is 0 Å². The molecule has 2 aliphatic rings. The van der Waals surface area contributed by atoms with Gasteiger partial charge in [-0.25, -0.2) is 4.79 Å². The third-order valence-corrected chi connectivity index (χ3v) is 5.74. The van der Waals surface area contributed by atoms with E-state index in [0.717, 1.165) is 36.5 Å². The zero-order valence-electron chi connectivity index (χ0n) is 17.9. The minimum Gasteiger partial charge on any atom is -0.444 e. The standard InChI is InChI=1S/C24H30N2O4/c1-24(2,3)30-23(28)25-19-15-17-9-5-4-8-16(17)14-18(19)22(27)26-12-13-29-21-11-7-6-10-20(21)26/h4-5,8-9,14-15,20-21H,6-7,10-13H2,1-3H3,(H,25,28). The highest BCUT2D eigenvalue weighted by molar-refractivity contribution is 6.07. The van der Waals surface area contributed by atoms with E-state index in [0.29, 0.717) is 24.4 Å². The van der Waals surface area contributed by atoms with Crippen molar-refractivity contribution < 1.29 is 19.1 Å². The average molecular weight is 411 g/mol. The highest BCUT2D eigenvalue weighted by Crippen LogP contribution is 2.32. The Hall–Kier alpha value is -2.60. The number of nitrogens with zero attached hydrogens (tertiary/aromatic N) is 1. The maximum Gasteiger partial charge on any atom is 0.412 e. The fourth-order valence-corrected chi connectivity index (χ4v) is 4.44. The number of rotatable bonds is 2. The van der Waals surface area contributed by atoms with Gasteiger partial charge < -0.3 is 14.4 Å². The molecule has 1 saturated heterocycles. The number of morpholine rings is 1. The van der Waals surface area contributed by atoms with Crippen molar-refractivity contribution in [3.05, 3.63) is 42.0 Å². The Bertz CT molecular complexity index is 948. The minimum atomic E-state index is -0.620. The second-order valence-corrected chi connectivity index (χ2v) is 9.13. The fraction of sp³-hybridized carbons (Fsp3) is 0.500. The Morgan fingerprint density at radius 2 is 1.80 bits per heavy atom. The number of amides is 2. The van der Waals surface area contributed by atoms with Crippen molar-refractivity contribution in [3.63, 3.8) is 0 Å². The first-order chi connectivity index (χ1) is 14.3. The molecule has 0 spiro atoms. The van der Waals surface area contributed by atoms with E-state index in [-0.39, 0.29) is 18.1 Å². The molecule has 30 heavy (non-hydrogen) atoms. The Kier molecular flexibility index (Phi) is 5.69. The molecule has 0 radical (unpaired) electrons. The van der Waals surface area contributed by atoms with Gasteiger partial charge in [0, 0.05) is 6.54 Å². The van der Waals surface area contributed by atoms with Crippen molar-refractivity contribution in [2.75, 3.05) is 18.5 Å². The van der Waals surface area contributed by atoms with Gasteiger partial charge in [-0.1, -0.05) is 37.1 Å². The number of ether oxygens (including phenoxy) is 2. The van der Waals surface area contributed by atoms with E-state index in [4.69, 9.17) is 9.47 Å². The molecule has 4 rings (SSSR count). The summed E-state index contributed by atoms with van der Waals surface area (Å²) >= 11 is 0. The summed E-state index contributed by atoms with van der Waals surface area (Å²) in [6.07, 6.45) is 3.75. The van der Waals surface area contributed by atoms with E-state index in [2.05, 4.69) is 5.32 Å². The molecule has 2 unspecified atom stereocenters. The van der Waals surface area contributed by atoms with E-state index < -0.39 is 11.7 Å². The molecule has 160 valence electrons. The van der Waals surface area contributed by atoms with Crippen molar-refractivity contribution in [3.8, 4) is 0 Å². The van der Waals surface area contributed by atoms with Crippen molar-refractivity contribution in [2.45, 2.75) is 64.2 Å². The van der Waals surface area contributed by atoms with Gasteiger partial charge in [-0.15, -0.1) is 0 Å². The van der Waals surface area contributed by atoms with Crippen LogP contribution in [-0.2, 0) is 9.47 Å². The van der Waals surface area contributed by atoms with Crippen molar-refractivity contribution in [2.24, 2.45) is 0 Å². The van der Waals surface area contributed by atoms with Gasteiger partial charge in [0.05, 0.1) is 30.0 Å². The topological polar surface area (TPSA) is 67.9 Å². The number of carbonyl (C=O) groups excluding carboxylic acids is 2. The SMILES string of the molecule is CC(C)(C)OC(=O)Nc1cc2ccccc2cc1C(=O)N1CCOC2CCCCC21. The number of hydrogen-bond donors (Lipinski definition) is 1. The molecule has 2 fully saturated rings. The molecule has 2 amide bonds. The van der Waals surface area contributed by atoms with Crippen LogP contribution in [0.3, 0.4) is 0 Å². The summed E-state index contributed by atoms with van der Waals surface area (Å²) in [6.45, 7) is 6.57. The molecule has 6 nitrogen and oxygen atoms in total. The Morgan fingerprint density at radius 3 is 2.53 bits per heavy atom. The Balaban J connectivity index is 1.69. The quantitative estimate of drug-likeness (QED) is 0.759. The summed E-state index contributed by atoms with van der Waals surface area (Å²) in [4.78, 5) is 28.1. The molecule has 1 N–H and O–H groups in total. The molecule has 2 atom stereocenters. The van der Waals surface area contributed by atoms with Crippen LogP contribution >= 0.6 is 0 Å². The minimum absolute atomic E-state index is 0.0630. The fourth-order valence-electron chi connectivity index (χ4n) is 4.44. The monoisotopic (exact) mass is 410 g/mol. The summed E-state index contributed by atoms with van der Waals surface area (Å²) in [7, 11) is 0. The van der Waals surface area contributed by atoms with Crippen LogP contribution in [0.2, 0.25) is 0 Å². The first-order valence-corrected chi connectivity index (χ1v) is 10.8. The van der Waals surface area contributed by atoms with Gasteiger partial charge in [-0.2, -0.15) is 0 Å². The Labute approximate surface area is 177 Å². The second kappa shape index (κ2) is 8.26. The number of benzene rings is 2. The molecule has 6 heteroatoms. The van der Waals surface area contributed by atoms with Gasteiger partial charge in [-0.05, 0) is 56.5 Å². The van der Waals surface area contributed by atoms with Crippen LogP contribution in [0.1, 0.15) is 56.8 Å². The van der Waals surface area contributed by atoms with E-state index in [1.54, 1.807) is 0 Å². The lowest BCUT2D eigenvalue weighted by molar-refractivity contribution is -0.0752. The molecule has 2 aromatic rings. The number of hydrogen-bond acceptors (Lipinski definition) is 4. The van der Waals surface area contributed by atoms with Crippen LogP contribution < -0.4 is 5.32 Å². The third-order valence-electron chi connectivity index (χ3n) is 5.74. The number of fused-ring (bicyclic) bond motifs is 2. The number of anilines is 1. The lowest BCUT2D eigenvalue weighted by Gasteiger charge is -2.44. The first kappa shape index (κ1) is 20.7. The summed E-state index contributed by atoms with van der Waals surface area (Å²) in [6, 6.07) is 11.7. The van der Waals surface area contributed by atoms with Crippen LogP contribution in [-0.4, -0.2) is 47.8 Å². The molecule has 2 aromatic carbocycles. The third kappa shape index (κ3) is 4.43. The van der Waals surface area contributed by atoms with Gasteiger partial charge in [0.25, 0.3) is 5.91 Å². The predicted molar refractivity (Wildman–Crippen MR) is 117 cm³/mol. The molecule has 1 aliphatic carbocycles. The highest BCUT2D eigenvalue weighted by Gasteiger charge is 2.37. The van der Waals surface area contributed by atoms with Crippen molar-refractivity contribution in [1.82, 2.24) is 4.90 Å². The maximum absolute atomic E-state index is 13.7. The van der Waals surface area contributed by atoms with Crippen LogP contribution in [0.4, 0.5) is 10.5 Å². The van der Waals surface area contributed by atoms with Crippen LogP contribution in [0.5, 0.6) is 0 Å². The van der Waals surface area contributed by atoms with Gasteiger partial charge in [0.1, 0.15) is 5.60 Å². The van der Waals surface area contributed by atoms with Crippen molar-refractivity contribution in [1.29, 1.82) is 0 Å². The van der Waals surface area contributed by atoms with Gasteiger partial charge in [0.15, 0.2) is 0 Å². The maximum atomic E-state index is 13.7. The number of nitrogens with one attached hydrogen (secondary N) is 1. The van der Waals surface area contributed by atoms with E-state index in [1.165, 1.54) is 0 Å². The summed E-state index contributed by atoms with van der Waals surface area (Å²) < 4.78 is 11.4. The molecular formula is C24H30N2O4. The normalized spacial score (nSPS) is 21.8. The second-order valence-electron chi connectivity index (χ2n) is 9.13. The molecule has 1 heterocycles. The van der Waals surface area contributed by atoms with Gasteiger partial charge >= 0.3 is 6.09 Å². The number of carbonyl (C=O) groups is 2. The molecule has 0 bridgehead atoms. The lowest BCUT2D eigenvalue weighted by atomic mass is 9.89. The van der Waals surface area contributed by atoms with E-state index in [1.807, 2.05) is 62.1 Å². The Morgan fingerprint density at radius 1 is 1.10 bits per heavy atom. The van der Waals surface area contributed by atoms with Crippen LogP contribution in [0, 0.1) is 0 Å². The molecule has 0 aromatic heterocycles. The zero-order chi connectivity index (χ0) is 21.3. The van der Waals surface area contributed by atoms with Gasteiger partial charge in [-0.3, -0.25) is 10.1 Å².